The zero-order valence-corrected chi connectivity index (χ0v) is 10.8. The molecule has 0 heterocycles. The van der Waals surface area contributed by atoms with E-state index in [4.69, 9.17) is 4.55 Å². The van der Waals surface area contributed by atoms with E-state index < -0.39 is 30.4 Å². The highest BCUT2D eigenvalue weighted by Crippen LogP contribution is 2.26. The fourth-order valence-electron chi connectivity index (χ4n) is 0.994. The molecule has 10 heteroatoms. The molecule has 0 radical (unpaired) electrons. The maximum atomic E-state index is 12.1. The SMILES string of the molecule is C=Cc1ccc(S(=O)(=O)N=S(=O)(O)C(F)(F)F)cc1. The van der Waals surface area contributed by atoms with Crippen molar-refractivity contribution >= 4 is 26.1 Å². The van der Waals surface area contributed by atoms with Gasteiger partial charge in [-0.1, -0.05) is 28.6 Å². The van der Waals surface area contributed by atoms with Gasteiger partial charge in [0.05, 0.1) is 4.90 Å². The fourth-order valence-corrected chi connectivity index (χ4v) is 3.22. The molecule has 1 atom stereocenters. The summed E-state index contributed by atoms with van der Waals surface area (Å²) in [5, 5.41) is 0. The molecule has 1 N–H and O–H groups in total. The zero-order chi connectivity index (χ0) is 14.9. The predicted octanol–water partition coefficient (Wildman–Crippen LogP) is 2.48. The summed E-state index contributed by atoms with van der Waals surface area (Å²) in [5.41, 5.74) is -5.12. The first-order valence-corrected chi connectivity index (χ1v) is 7.45. The molecule has 0 aliphatic heterocycles. The Kier molecular flexibility index (Phi) is 4.08. The third-order valence-corrected chi connectivity index (χ3v) is 4.98. The van der Waals surface area contributed by atoms with Crippen LogP contribution in [-0.4, -0.2) is 22.7 Å². The van der Waals surface area contributed by atoms with Gasteiger partial charge in [0, 0.05) is 0 Å². The molecule has 1 aromatic carbocycles. The lowest BCUT2D eigenvalue weighted by Gasteiger charge is -2.06. The van der Waals surface area contributed by atoms with Crippen molar-refractivity contribution in [2.24, 2.45) is 3.77 Å². The van der Waals surface area contributed by atoms with Crippen LogP contribution in [0, 0.1) is 0 Å². The molecule has 0 amide bonds. The molecule has 0 fully saturated rings. The van der Waals surface area contributed by atoms with E-state index in [9.17, 15) is 25.8 Å². The second-order valence-corrected chi connectivity index (χ2v) is 6.74. The minimum Gasteiger partial charge on any atom is -0.293 e. The van der Waals surface area contributed by atoms with Crippen LogP contribution in [-0.2, 0) is 20.0 Å². The van der Waals surface area contributed by atoms with Crippen LogP contribution < -0.4 is 0 Å². The summed E-state index contributed by atoms with van der Waals surface area (Å²) in [6.07, 6.45) is 1.39. The molecule has 1 unspecified atom stereocenters. The molecule has 5 nitrogen and oxygen atoms in total. The summed E-state index contributed by atoms with van der Waals surface area (Å²) in [6.45, 7) is 3.41. The number of hydrogen-bond acceptors (Lipinski definition) is 3. The van der Waals surface area contributed by atoms with E-state index in [-0.39, 0.29) is 0 Å². The lowest BCUT2D eigenvalue weighted by molar-refractivity contribution is -0.0467. The van der Waals surface area contributed by atoms with Crippen molar-refractivity contribution in [3.05, 3.63) is 36.4 Å². The van der Waals surface area contributed by atoms with Gasteiger partial charge in [0.2, 0.25) is 0 Å². The molecule has 0 aliphatic carbocycles. The lowest BCUT2D eigenvalue weighted by atomic mass is 10.2. The second-order valence-electron chi connectivity index (χ2n) is 3.27. The molecular weight excluding hydrogens is 307 g/mol. The Morgan fingerprint density at radius 1 is 1.16 bits per heavy atom. The average molecular weight is 315 g/mol. The van der Waals surface area contributed by atoms with E-state index in [0.29, 0.717) is 5.56 Å². The number of alkyl halides is 3. The van der Waals surface area contributed by atoms with Gasteiger partial charge in [-0.15, -0.1) is 0 Å². The summed E-state index contributed by atoms with van der Waals surface area (Å²) < 4.78 is 80.6. The van der Waals surface area contributed by atoms with Crippen molar-refractivity contribution in [1.29, 1.82) is 0 Å². The van der Waals surface area contributed by atoms with E-state index in [2.05, 4.69) is 6.58 Å². The van der Waals surface area contributed by atoms with Crippen LogP contribution in [0.15, 0.2) is 39.5 Å². The van der Waals surface area contributed by atoms with Crippen molar-refractivity contribution in [1.82, 2.24) is 0 Å². The third kappa shape index (κ3) is 3.55. The van der Waals surface area contributed by atoms with Crippen molar-refractivity contribution in [2.45, 2.75) is 10.4 Å². The molecular formula is C9H8F3NO4S2. The van der Waals surface area contributed by atoms with Crippen LogP contribution in [0.5, 0.6) is 0 Å². The first-order chi connectivity index (χ1) is 8.49. The van der Waals surface area contributed by atoms with Gasteiger partial charge in [0.25, 0.3) is 20.0 Å². The van der Waals surface area contributed by atoms with Crippen molar-refractivity contribution in [3.63, 3.8) is 0 Å². The summed E-state index contributed by atoms with van der Waals surface area (Å²) in [6, 6.07) is 4.45. The van der Waals surface area contributed by atoms with Gasteiger partial charge in [0.15, 0.2) is 0 Å². The predicted molar refractivity (Wildman–Crippen MR) is 63.0 cm³/mol. The molecule has 1 rings (SSSR count). The molecule has 0 aromatic heterocycles. The number of halogens is 3. The van der Waals surface area contributed by atoms with E-state index >= 15 is 0 Å². The normalized spacial score (nSPS) is 15.6. The molecule has 1 aromatic rings. The Labute approximate surface area is 107 Å². The van der Waals surface area contributed by atoms with E-state index in [1.807, 2.05) is 3.77 Å². The highest BCUT2D eigenvalue weighted by atomic mass is 32.3. The van der Waals surface area contributed by atoms with E-state index in [1.54, 1.807) is 0 Å². The highest BCUT2D eigenvalue weighted by molar-refractivity contribution is 8.01. The number of hydrogen-bond donors (Lipinski definition) is 1. The third-order valence-electron chi connectivity index (χ3n) is 1.91. The van der Waals surface area contributed by atoms with E-state index in [1.165, 1.54) is 18.2 Å². The summed E-state index contributed by atoms with van der Waals surface area (Å²) in [7, 11) is -10.7. The summed E-state index contributed by atoms with van der Waals surface area (Å²) >= 11 is 0. The van der Waals surface area contributed by atoms with Gasteiger partial charge in [-0.25, -0.2) is 4.21 Å². The minimum atomic E-state index is -5.85. The van der Waals surface area contributed by atoms with Crippen molar-refractivity contribution < 1.29 is 30.4 Å². The number of rotatable bonds is 3. The Balaban J connectivity index is 3.37. The molecule has 0 bridgehead atoms. The maximum Gasteiger partial charge on any atom is 0.504 e. The molecule has 0 aliphatic rings. The van der Waals surface area contributed by atoms with Gasteiger partial charge in [-0.3, -0.25) is 4.55 Å². The van der Waals surface area contributed by atoms with Crippen molar-refractivity contribution in [2.75, 3.05) is 0 Å². The van der Waals surface area contributed by atoms with Gasteiger partial charge in [-0.2, -0.15) is 21.6 Å². The van der Waals surface area contributed by atoms with Crippen LogP contribution in [0.25, 0.3) is 6.08 Å². The van der Waals surface area contributed by atoms with Crippen LogP contribution in [0.2, 0.25) is 0 Å². The van der Waals surface area contributed by atoms with Gasteiger partial charge in [0.1, 0.15) is 0 Å². The number of benzene rings is 1. The standard InChI is InChI=1S/C9H8F3NO4S2/c1-2-7-3-5-8(6-4-7)18(14,15)13-19(16,17)9(10,11)12/h2-6H,1H2,(H,13,16,17). The Hall–Kier alpha value is -1.39. The monoisotopic (exact) mass is 315 g/mol. The van der Waals surface area contributed by atoms with Crippen molar-refractivity contribution in [3.8, 4) is 0 Å². The molecule has 106 valence electrons. The van der Waals surface area contributed by atoms with Gasteiger partial charge < -0.3 is 0 Å². The molecule has 19 heavy (non-hydrogen) atoms. The van der Waals surface area contributed by atoms with Gasteiger partial charge >= 0.3 is 5.51 Å². The lowest BCUT2D eigenvalue weighted by Crippen LogP contribution is -2.23. The molecule has 0 saturated heterocycles. The highest BCUT2D eigenvalue weighted by Gasteiger charge is 2.44. The zero-order valence-electron chi connectivity index (χ0n) is 9.16. The van der Waals surface area contributed by atoms with Crippen LogP contribution in [0.1, 0.15) is 5.56 Å². The summed E-state index contributed by atoms with van der Waals surface area (Å²) in [4.78, 5) is -0.621. The second kappa shape index (κ2) is 4.94. The quantitative estimate of drug-likeness (QED) is 0.928. The number of nitrogens with zero attached hydrogens (tertiary/aromatic N) is 1. The smallest absolute Gasteiger partial charge is 0.293 e. The van der Waals surface area contributed by atoms with Crippen LogP contribution in [0.4, 0.5) is 13.2 Å². The Morgan fingerprint density at radius 3 is 2.00 bits per heavy atom. The fraction of sp³-hybridized carbons (Fsp3) is 0.111. The topological polar surface area (TPSA) is 83.8 Å². The number of sulfonamides is 1. The van der Waals surface area contributed by atoms with E-state index in [0.717, 1.165) is 12.1 Å². The average Bonchev–Trinajstić information content (AvgIpc) is 2.26. The summed E-state index contributed by atoms with van der Waals surface area (Å²) in [5.74, 6) is 0. The minimum absolute atomic E-state index is 0.527. The largest absolute Gasteiger partial charge is 0.504 e. The first kappa shape index (κ1) is 15.7. The molecule has 0 spiro atoms. The molecule has 0 saturated carbocycles. The van der Waals surface area contributed by atoms with Crippen LogP contribution >= 0.6 is 0 Å². The first-order valence-electron chi connectivity index (χ1n) is 4.54. The van der Waals surface area contributed by atoms with Gasteiger partial charge in [-0.05, 0) is 17.7 Å². The Morgan fingerprint density at radius 2 is 1.63 bits per heavy atom. The van der Waals surface area contributed by atoms with Crippen LogP contribution in [0.3, 0.4) is 0 Å². The Bertz CT molecular complexity index is 698. The maximum absolute atomic E-state index is 12.1.